The van der Waals surface area contributed by atoms with Crippen LogP contribution in [0.3, 0.4) is 0 Å². The zero-order valence-corrected chi connectivity index (χ0v) is 12.9. The van der Waals surface area contributed by atoms with Crippen molar-refractivity contribution < 1.29 is 13.2 Å². The van der Waals surface area contributed by atoms with Crippen molar-refractivity contribution in [1.82, 2.24) is 4.31 Å². The van der Waals surface area contributed by atoms with Crippen LogP contribution in [0.15, 0.2) is 4.99 Å². The minimum absolute atomic E-state index is 0.0661. The van der Waals surface area contributed by atoms with Gasteiger partial charge in [0, 0.05) is 12.6 Å². The number of isocyanates is 1. The second-order valence-electron chi connectivity index (χ2n) is 6.14. The first-order valence-corrected chi connectivity index (χ1v) is 9.20. The summed E-state index contributed by atoms with van der Waals surface area (Å²) in [5.74, 6) is 0.616. The van der Waals surface area contributed by atoms with Gasteiger partial charge in [-0.2, -0.15) is 4.31 Å². The molecule has 114 valence electrons. The van der Waals surface area contributed by atoms with Crippen molar-refractivity contribution >= 4 is 16.1 Å². The van der Waals surface area contributed by atoms with Crippen LogP contribution in [-0.2, 0) is 14.8 Å². The molecule has 1 saturated heterocycles. The highest BCUT2D eigenvalue weighted by Gasteiger charge is 2.34. The zero-order chi connectivity index (χ0) is 14.6. The average Bonchev–Trinajstić information content (AvgIpc) is 2.39. The standard InChI is InChI=1S/C14H24N2O3S/c1-12-9-14(15-11-17)7-8-16(12)20(18,19)10-13-5-3-2-4-6-13/h12-14H,2-10H2,1H3. The van der Waals surface area contributed by atoms with Gasteiger partial charge in [0.2, 0.25) is 16.1 Å². The van der Waals surface area contributed by atoms with E-state index in [1.54, 1.807) is 10.4 Å². The normalized spacial score (nSPS) is 29.9. The van der Waals surface area contributed by atoms with E-state index in [1.807, 2.05) is 6.92 Å². The molecule has 0 amide bonds. The fourth-order valence-electron chi connectivity index (χ4n) is 3.48. The number of hydrogen-bond acceptors (Lipinski definition) is 4. The summed E-state index contributed by atoms with van der Waals surface area (Å²) in [7, 11) is -3.18. The van der Waals surface area contributed by atoms with Gasteiger partial charge in [-0.05, 0) is 38.5 Å². The maximum atomic E-state index is 12.5. The van der Waals surface area contributed by atoms with E-state index >= 15 is 0 Å². The SMILES string of the molecule is CC1CC(N=C=O)CCN1S(=O)(=O)CC1CCCCC1. The number of aliphatic imine (C=N–C) groups is 1. The van der Waals surface area contributed by atoms with Gasteiger partial charge < -0.3 is 0 Å². The molecule has 2 atom stereocenters. The summed E-state index contributed by atoms with van der Waals surface area (Å²) in [6.45, 7) is 2.39. The molecule has 20 heavy (non-hydrogen) atoms. The quantitative estimate of drug-likeness (QED) is 0.590. The lowest BCUT2D eigenvalue weighted by molar-refractivity contribution is 0.245. The molecule has 2 rings (SSSR count). The van der Waals surface area contributed by atoms with Gasteiger partial charge in [0.05, 0.1) is 11.8 Å². The second kappa shape index (κ2) is 6.83. The molecule has 2 aliphatic rings. The Hall–Kier alpha value is -0.710. The Balaban J connectivity index is 1.97. The topological polar surface area (TPSA) is 66.8 Å². The Morgan fingerprint density at radius 2 is 1.90 bits per heavy atom. The van der Waals surface area contributed by atoms with E-state index in [0.29, 0.717) is 31.1 Å². The molecular weight excluding hydrogens is 276 g/mol. The van der Waals surface area contributed by atoms with Gasteiger partial charge in [0.1, 0.15) is 0 Å². The molecule has 2 fully saturated rings. The molecule has 1 aliphatic heterocycles. The molecule has 0 radical (unpaired) electrons. The lowest BCUT2D eigenvalue weighted by Gasteiger charge is -2.36. The molecule has 0 aromatic heterocycles. The highest BCUT2D eigenvalue weighted by Crippen LogP contribution is 2.28. The number of nitrogens with zero attached hydrogens (tertiary/aromatic N) is 2. The Kier molecular flexibility index (Phi) is 5.35. The summed E-state index contributed by atoms with van der Waals surface area (Å²) in [6.07, 6.45) is 8.47. The fourth-order valence-corrected chi connectivity index (χ4v) is 5.62. The number of sulfonamides is 1. The second-order valence-corrected chi connectivity index (χ2v) is 8.11. The van der Waals surface area contributed by atoms with Gasteiger partial charge in [-0.3, -0.25) is 0 Å². The summed E-state index contributed by atoms with van der Waals surface area (Å²) >= 11 is 0. The van der Waals surface area contributed by atoms with Crippen molar-refractivity contribution in [2.24, 2.45) is 10.9 Å². The minimum atomic E-state index is -3.18. The first-order valence-electron chi connectivity index (χ1n) is 7.59. The van der Waals surface area contributed by atoms with Crippen molar-refractivity contribution in [1.29, 1.82) is 0 Å². The van der Waals surface area contributed by atoms with E-state index < -0.39 is 10.0 Å². The van der Waals surface area contributed by atoms with Crippen molar-refractivity contribution in [2.75, 3.05) is 12.3 Å². The molecule has 1 heterocycles. The lowest BCUT2D eigenvalue weighted by Crippen LogP contribution is -2.47. The average molecular weight is 300 g/mol. The van der Waals surface area contributed by atoms with Crippen LogP contribution in [0.2, 0.25) is 0 Å². The zero-order valence-electron chi connectivity index (χ0n) is 12.1. The van der Waals surface area contributed by atoms with E-state index in [-0.39, 0.29) is 12.1 Å². The molecule has 5 nitrogen and oxygen atoms in total. The summed E-state index contributed by atoms with van der Waals surface area (Å²) < 4.78 is 26.7. The number of carbonyl (C=O) groups excluding carboxylic acids is 1. The molecule has 0 N–H and O–H groups in total. The third-order valence-electron chi connectivity index (χ3n) is 4.55. The van der Waals surface area contributed by atoms with Crippen molar-refractivity contribution in [2.45, 2.75) is 64.0 Å². The Morgan fingerprint density at radius 1 is 1.20 bits per heavy atom. The maximum Gasteiger partial charge on any atom is 0.235 e. The molecule has 2 unspecified atom stereocenters. The van der Waals surface area contributed by atoms with E-state index in [4.69, 9.17) is 0 Å². The smallest absolute Gasteiger partial charge is 0.212 e. The third kappa shape index (κ3) is 3.90. The number of piperidine rings is 1. The van der Waals surface area contributed by atoms with Gasteiger partial charge in [-0.1, -0.05) is 19.3 Å². The largest absolute Gasteiger partial charge is 0.235 e. The highest BCUT2D eigenvalue weighted by molar-refractivity contribution is 7.89. The maximum absolute atomic E-state index is 12.5. The van der Waals surface area contributed by atoms with Crippen LogP contribution in [0.4, 0.5) is 0 Å². The Bertz CT molecular complexity index is 465. The van der Waals surface area contributed by atoms with Gasteiger partial charge in [0.25, 0.3) is 0 Å². The van der Waals surface area contributed by atoms with E-state index in [9.17, 15) is 13.2 Å². The van der Waals surface area contributed by atoms with Crippen molar-refractivity contribution in [3.8, 4) is 0 Å². The Labute approximate surface area is 121 Å². The lowest BCUT2D eigenvalue weighted by atomic mass is 9.91. The summed E-state index contributed by atoms with van der Waals surface area (Å²) in [6, 6.07) is -0.136. The van der Waals surface area contributed by atoms with E-state index in [2.05, 4.69) is 4.99 Å². The first kappa shape index (κ1) is 15.7. The summed E-state index contributed by atoms with van der Waals surface area (Å²) in [4.78, 5) is 14.0. The predicted octanol–water partition coefficient (Wildman–Crippen LogP) is 2.09. The van der Waals surface area contributed by atoms with Crippen molar-refractivity contribution in [3.63, 3.8) is 0 Å². The highest BCUT2D eigenvalue weighted by atomic mass is 32.2. The van der Waals surface area contributed by atoms with Crippen molar-refractivity contribution in [3.05, 3.63) is 0 Å². The predicted molar refractivity (Wildman–Crippen MR) is 77.7 cm³/mol. The molecule has 0 aromatic carbocycles. The van der Waals surface area contributed by atoms with Crippen LogP contribution in [0, 0.1) is 5.92 Å². The molecule has 1 saturated carbocycles. The van der Waals surface area contributed by atoms with Crippen LogP contribution < -0.4 is 0 Å². The van der Waals surface area contributed by atoms with E-state index in [0.717, 1.165) is 25.7 Å². The molecule has 1 aliphatic carbocycles. The molecule has 6 heteroatoms. The minimum Gasteiger partial charge on any atom is -0.212 e. The van der Waals surface area contributed by atoms with Crippen LogP contribution in [0.5, 0.6) is 0 Å². The third-order valence-corrected chi connectivity index (χ3v) is 6.70. The molecule has 0 aromatic rings. The van der Waals surface area contributed by atoms with E-state index in [1.165, 1.54) is 6.42 Å². The van der Waals surface area contributed by atoms with Gasteiger partial charge >= 0.3 is 0 Å². The van der Waals surface area contributed by atoms with Crippen LogP contribution >= 0.6 is 0 Å². The summed E-state index contributed by atoms with van der Waals surface area (Å²) in [5.41, 5.74) is 0. The van der Waals surface area contributed by atoms with Crippen LogP contribution in [-0.4, -0.2) is 43.2 Å². The first-order chi connectivity index (χ1) is 9.53. The summed E-state index contributed by atoms with van der Waals surface area (Å²) in [5, 5.41) is 0. The van der Waals surface area contributed by atoms with Gasteiger partial charge in [-0.25, -0.2) is 18.2 Å². The molecular formula is C14H24N2O3S. The van der Waals surface area contributed by atoms with Gasteiger partial charge in [0.15, 0.2) is 0 Å². The van der Waals surface area contributed by atoms with Gasteiger partial charge in [-0.15, -0.1) is 0 Å². The number of rotatable bonds is 4. The Morgan fingerprint density at radius 3 is 2.50 bits per heavy atom. The fraction of sp³-hybridized carbons (Fsp3) is 0.929. The number of hydrogen-bond donors (Lipinski definition) is 0. The molecule has 0 spiro atoms. The van der Waals surface area contributed by atoms with Crippen LogP contribution in [0.25, 0.3) is 0 Å². The molecule has 0 bridgehead atoms. The van der Waals surface area contributed by atoms with Crippen LogP contribution in [0.1, 0.15) is 51.9 Å². The monoisotopic (exact) mass is 300 g/mol.